The van der Waals surface area contributed by atoms with Gasteiger partial charge < -0.3 is 9.47 Å². The van der Waals surface area contributed by atoms with Crippen LogP contribution in [0.2, 0.25) is 0 Å². The zero-order chi connectivity index (χ0) is 14.3. The predicted molar refractivity (Wildman–Crippen MR) is 71.2 cm³/mol. The summed E-state index contributed by atoms with van der Waals surface area (Å²) in [5, 5.41) is 0. The van der Waals surface area contributed by atoms with Crippen LogP contribution >= 0.6 is 0 Å². The van der Waals surface area contributed by atoms with Crippen LogP contribution in [0.1, 0.15) is 32.1 Å². The van der Waals surface area contributed by atoms with E-state index in [1.54, 1.807) is 7.11 Å². The summed E-state index contributed by atoms with van der Waals surface area (Å²) in [7, 11) is -0.311. The Hall–Kier alpha value is -0.660. The molecule has 0 spiro atoms. The molecule has 0 amide bonds. The van der Waals surface area contributed by atoms with Crippen LogP contribution in [-0.2, 0) is 24.3 Å². The lowest BCUT2D eigenvalue weighted by Crippen LogP contribution is -2.40. The fourth-order valence-corrected chi connectivity index (χ4v) is 3.68. The Balaban J connectivity index is 2.34. The van der Waals surface area contributed by atoms with Gasteiger partial charge in [-0.05, 0) is 32.1 Å². The number of carbonyl (C=O) groups excluding carboxylic acids is 1. The van der Waals surface area contributed by atoms with E-state index in [9.17, 15) is 13.2 Å². The second-order valence-corrected chi connectivity index (χ2v) is 6.73. The summed E-state index contributed by atoms with van der Waals surface area (Å²) in [6, 6.07) is -0.0616. The summed E-state index contributed by atoms with van der Waals surface area (Å²) >= 11 is 0. The SMILES string of the molecule is COCCCS(=O)(=O)NC1CCC(C(=O)OC)CC1. The van der Waals surface area contributed by atoms with Crippen LogP contribution in [0.25, 0.3) is 0 Å². The van der Waals surface area contributed by atoms with Gasteiger partial charge in [0.05, 0.1) is 18.8 Å². The van der Waals surface area contributed by atoms with E-state index >= 15 is 0 Å². The summed E-state index contributed by atoms with van der Waals surface area (Å²) in [6.07, 6.45) is 3.21. The van der Waals surface area contributed by atoms with Gasteiger partial charge in [-0.1, -0.05) is 0 Å². The zero-order valence-electron chi connectivity index (χ0n) is 11.6. The fourth-order valence-electron chi connectivity index (χ4n) is 2.32. The van der Waals surface area contributed by atoms with Gasteiger partial charge in [-0.15, -0.1) is 0 Å². The highest BCUT2D eigenvalue weighted by Gasteiger charge is 2.28. The summed E-state index contributed by atoms with van der Waals surface area (Å²) in [5.74, 6) is -0.196. The first-order chi connectivity index (χ1) is 8.98. The second kappa shape index (κ2) is 7.81. The third kappa shape index (κ3) is 5.88. The molecule has 19 heavy (non-hydrogen) atoms. The Morgan fingerprint density at radius 1 is 1.21 bits per heavy atom. The van der Waals surface area contributed by atoms with Gasteiger partial charge in [0.1, 0.15) is 0 Å². The molecule has 0 aliphatic heterocycles. The lowest BCUT2D eigenvalue weighted by atomic mass is 9.86. The molecule has 0 aromatic heterocycles. The van der Waals surface area contributed by atoms with Crippen molar-refractivity contribution < 1.29 is 22.7 Å². The minimum absolute atomic E-state index is 0.0616. The average molecular weight is 293 g/mol. The molecule has 6 nitrogen and oxygen atoms in total. The van der Waals surface area contributed by atoms with Crippen molar-refractivity contribution in [1.29, 1.82) is 0 Å². The average Bonchev–Trinajstić information content (AvgIpc) is 2.38. The van der Waals surface area contributed by atoms with Gasteiger partial charge in [-0.25, -0.2) is 13.1 Å². The summed E-state index contributed by atoms with van der Waals surface area (Å²) < 4.78 is 35.8. The molecule has 1 N–H and O–H groups in total. The molecule has 0 saturated heterocycles. The number of hydrogen-bond acceptors (Lipinski definition) is 5. The molecule has 1 rings (SSSR count). The van der Waals surface area contributed by atoms with Gasteiger partial charge in [0.2, 0.25) is 10.0 Å². The molecular weight excluding hydrogens is 270 g/mol. The molecule has 1 aliphatic carbocycles. The van der Waals surface area contributed by atoms with Crippen LogP contribution in [0.4, 0.5) is 0 Å². The van der Waals surface area contributed by atoms with E-state index in [4.69, 9.17) is 9.47 Å². The quantitative estimate of drug-likeness (QED) is 0.551. The van der Waals surface area contributed by atoms with Crippen LogP contribution < -0.4 is 4.72 Å². The van der Waals surface area contributed by atoms with Crippen LogP contribution in [0.3, 0.4) is 0 Å². The molecule has 1 saturated carbocycles. The number of hydrogen-bond donors (Lipinski definition) is 1. The Kier molecular flexibility index (Phi) is 6.74. The number of methoxy groups -OCH3 is 2. The Morgan fingerprint density at radius 2 is 1.84 bits per heavy atom. The predicted octanol–water partition coefficient (Wildman–Crippen LogP) is 0.674. The molecule has 0 unspecified atom stereocenters. The van der Waals surface area contributed by atoms with Gasteiger partial charge in [0, 0.05) is 19.8 Å². The van der Waals surface area contributed by atoms with E-state index < -0.39 is 10.0 Å². The first-order valence-electron chi connectivity index (χ1n) is 6.55. The molecule has 7 heteroatoms. The molecule has 0 bridgehead atoms. The minimum Gasteiger partial charge on any atom is -0.469 e. The standard InChI is InChI=1S/C12H23NO5S/c1-17-8-3-9-19(15,16)13-11-6-4-10(5-7-11)12(14)18-2/h10-11,13H,3-9H2,1-2H3. The summed E-state index contributed by atoms with van der Waals surface area (Å²) in [6.45, 7) is 0.440. The third-order valence-corrected chi connectivity index (χ3v) is 4.89. The monoisotopic (exact) mass is 293 g/mol. The summed E-state index contributed by atoms with van der Waals surface area (Å²) in [4.78, 5) is 11.4. The first kappa shape index (κ1) is 16.4. The largest absolute Gasteiger partial charge is 0.469 e. The molecule has 0 atom stereocenters. The number of sulfonamides is 1. The number of rotatable bonds is 7. The van der Waals surface area contributed by atoms with Crippen molar-refractivity contribution in [2.45, 2.75) is 38.1 Å². The topological polar surface area (TPSA) is 81.7 Å². The maximum Gasteiger partial charge on any atom is 0.308 e. The van der Waals surface area contributed by atoms with Gasteiger partial charge in [-0.3, -0.25) is 4.79 Å². The maximum atomic E-state index is 11.8. The van der Waals surface area contributed by atoms with Gasteiger partial charge >= 0.3 is 5.97 Å². The Bertz CT molecular complexity index is 374. The normalized spacial score (nSPS) is 24.1. The lowest BCUT2D eigenvalue weighted by molar-refractivity contribution is -0.146. The van der Waals surface area contributed by atoms with Gasteiger partial charge in [-0.2, -0.15) is 0 Å². The second-order valence-electron chi connectivity index (χ2n) is 4.85. The lowest BCUT2D eigenvalue weighted by Gasteiger charge is -2.27. The van der Waals surface area contributed by atoms with Crippen LogP contribution in [0.15, 0.2) is 0 Å². The molecule has 1 fully saturated rings. The third-order valence-electron chi connectivity index (χ3n) is 3.37. The smallest absolute Gasteiger partial charge is 0.308 e. The van der Waals surface area contributed by atoms with Crippen LogP contribution in [-0.4, -0.2) is 47.0 Å². The highest BCUT2D eigenvalue weighted by molar-refractivity contribution is 7.89. The molecule has 0 radical (unpaired) electrons. The van der Waals surface area contributed by atoms with Crippen LogP contribution in [0.5, 0.6) is 0 Å². The summed E-state index contributed by atoms with van der Waals surface area (Å²) in [5.41, 5.74) is 0. The minimum atomic E-state index is -3.24. The van der Waals surface area contributed by atoms with Crippen LogP contribution in [0, 0.1) is 5.92 Å². The molecule has 0 aromatic rings. The number of nitrogens with one attached hydrogen (secondary N) is 1. The maximum absolute atomic E-state index is 11.8. The number of esters is 1. The van der Waals surface area contributed by atoms with E-state index in [2.05, 4.69) is 4.72 Å². The van der Waals surface area contributed by atoms with Crippen molar-refractivity contribution in [2.75, 3.05) is 26.6 Å². The van der Waals surface area contributed by atoms with Crippen molar-refractivity contribution >= 4 is 16.0 Å². The molecule has 0 aromatic carbocycles. The van der Waals surface area contributed by atoms with Crippen molar-refractivity contribution in [3.05, 3.63) is 0 Å². The van der Waals surface area contributed by atoms with Crippen molar-refractivity contribution in [2.24, 2.45) is 5.92 Å². The molecule has 1 aliphatic rings. The van der Waals surface area contributed by atoms with Crippen molar-refractivity contribution in [3.63, 3.8) is 0 Å². The Labute approximate surface area is 114 Å². The number of ether oxygens (including phenoxy) is 2. The Morgan fingerprint density at radius 3 is 2.37 bits per heavy atom. The van der Waals surface area contributed by atoms with E-state index in [1.165, 1.54) is 7.11 Å². The van der Waals surface area contributed by atoms with Gasteiger partial charge in [0.25, 0.3) is 0 Å². The van der Waals surface area contributed by atoms with E-state index in [0.29, 0.717) is 38.7 Å². The fraction of sp³-hybridized carbons (Fsp3) is 0.917. The molecule has 112 valence electrons. The van der Waals surface area contributed by atoms with Crippen molar-refractivity contribution in [1.82, 2.24) is 4.72 Å². The highest BCUT2D eigenvalue weighted by atomic mass is 32.2. The number of carbonyl (C=O) groups is 1. The molecular formula is C12H23NO5S. The van der Waals surface area contributed by atoms with E-state index in [-0.39, 0.29) is 23.7 Å². The van der Waals surface area contributed by atoms with Gasteiger partial charge in [0.15, 0.2) is 0 Å². The van der Waals surface area contributed by atoms with E-state index in [1.807, 2.05) is 0 Å². The zero-order valence-corrected chi connectivity index (χ0v) is 12.4. The molecule has 0 heterocycles. The van der Waals surface area contributed by atoms with E-state index in [0.717, 1.165) is 0 Å². The van der Waals surface area contributed by atoms with Crippen molar-refractivity contribution in [3.8, 4) is 0 Å². The highest BCUT2D eigenvalue weighted by Crippen LogP contribution is 2.25. The first-order valence-corrected chi connectivity index (χ1v) is 8.20.